The van der Waals surface area contributed by atoms with Gasteiger partial charge >= 0.3 is 0 Å². The van der Waals surface area contributed by atoms with E-state index < -0.39 is 0 Å². The van der Waals surface area contributed by atoms with Crippen LogP contribution >= 0.6 is 0 Å². The molecule has 0 aromatic heterocycles. The molecule has 148 valence electrons. The van der Waals surface area contributed by atoms with Crippen molar-refractivity contribution in [2.24, 2.45) is 5.73 Å². The van der Waals surface area contributed by atoms with Gasteiger partial charge in [-0.05, 0) is 74.9 Å². The Morgan fingerprint density at radius 3 is 2.04 bits per heavy atom. The first kappa shape index (κ1) is 20.1. The normalized spacial score (nSPS) is 16.2. The van der Waals surface area contributed by atoms with Gasteiger partial charge in [-0.25, -0.2) is 0 Å². The summed E-state index contributed by atoms with van der Waals surface area (Å²) < 4.78 is 0.591. The number of aryl methyl sites for hydroxylation is 2. The topological polar surface area (TPSA) is 72.2 Å². The summed E-state index contributed by atoms with van der Waals surface area (Å²) in [5.74, 6) is -0.403. The second-order valence-electron chi connectivity index (χ2n) is 7.90. The van der Waals surface area contributed by atoms with Gasteiger partial charge in [0, 0.05) is 11.3 Å². The lowest BCUT2D eigenvalue weighted by Crippen LogP contribution is -2.54. The summed E-state index contributed by atoms with van der Waals surface area (Å²) in [6.45, 7) is 6.12. The van der Waals surface area contributed by atoms with Crippen molar-refractivity contribution >= 4 is 23.2 Å². The van der Waals surface area contributed by atoms with Crippen molar-refractivity contribution in [2.45, 2.75) is 39.5 Å². The van der Waals surface area contributed by atoms with Crippen LogP contribution in [0, 0.1) is 13.8 Å². The summed E-state index contributed by atoms with van der Waals surface area (Å²) in [4.78, 5) is 24.5. The molecule has 0 saturated carbocycles. The Morgan fingerprint density at radius 2 is 1.50 bits per heavy atom. The molecule has 0 spiro atoms. The molecule has 0 aliphatic carbocycles. The van der Waals surface area contributed by atoms with Crippen LogP contribution < -0.4 is 15.5 Å². The third kappa shape index (κ3) is 4.42. The summed E-state index contributed by atoms with van der Waals surface area (Å²) >= 11 is 0. The quantitative estimate of drug-likeness (QED) is 0.772. The highest BCUT2D eigenvalue weighted by Gasteiger charge is 2.33. The Labute approximate surface area is 167 Å². The highest BCUT2D eigenvalue weighted by atomic mass is 16.2. The number of nitrogens with two attached hydrogens (primary N) is 1. The van der Waals surface area contributed by atoms with Crippen molar-refractivity contribution in [1.82, 2.24) is 4.48 Å². The second-order valence-corrected chi connectivity index (χ2v) is 7.90. The molecular weight excluding hydrogens is 350 g/mol. The molecule has 0 bridgehead atoms. The molecule has 3 rings (SSSR count). The van der Waals surface area contributed by atoms with E-state index in [0.29, 0.717) is 16.6 Å². The zero-order chi connectivity index (χ0) is 20.1. The molecule has 28 heavy (non-hydrogen) atoms. The van der Waals surface area contributed by atoms with Gasteiger partial charge in [0.05, 0.1) is 13.1 Å². The number of benzene rings is 2. The van der Waals surface area contributed by atoms with Gasteiger partial charge < -0.3 is 11.1 Å². The van der Waals surface area contributed by atoms with E-state index in [4.69, 9.17) is 5.73 Å². The first-order valence-corrected chi connectivity index (χ1v) is 10.0. The number of amides is 2. The Morgan fingerprint density at radius 1 is 0.929 bits per heavy atom. The molecule has 1 saturated heterocycles. The summed E-state index contributed by atoms with van der Waals surface area (Å²) in [5.41, 5.74) is 10.2. The summed E-state index contributed by atoms with van der Waals surface area (Å²) in [7, 11) is 0. The highest BCUT2D eigenvalue weighted by Crippen LogP contribution is 2.28. The zero-order valence-corrected chi connectivity index (χ0v) is 16.8. The average molecular weight is 381 g/mol. The Balaban J connectivity index is 1.83. The SMILES string of the molecule is Cc1cccc(C)c1NC(=O)c1ccc([N+]2(CC(N)=O)CCCCCC2)cc1. The molecule has 2 aromatic carbocycles. The number of rotatable bonds is 5. The molecule has 2 aromatic rings. The van der Waals surface area contributed by atoms with Crippen LogP contribution in [0.5, 0.6) is 0 Å². The number of likely N-dealkylation sites (tertiary alicyclic amines) is 1. The number of nitrogens with zero attached hydrogens (tertiary/aromatic N) is 1. The van der Waals surface area contributed by atoms with Gasteiger partial charge in [-0.3, -0.25) is 14.1 Å². The van der Waals surface area contributed by atoms with Crippen molar-refractivity contribution in [1.29, 1.82) is 0 Å². The van der Waals surface area contributed by atoms with E-state index in [9.17, 15) is 9.59 Å². The summed E-state index contributed by atoms with van der Waals surface area (Å²) in [5, 5.41) is 3.03. The predicted octanol–water partition coefficient (Wildman–Crippen LogP) is 3.92. The molecular formula is C23H30N3O2+. The van der Waals surface area contributed by atoms with Crippen LogP contribution in [-0.2, 0) is 4.79 Å². The lowest BCUT2D eigenvalue weighted by molar-refractivity contribution is -0.118. The van der Waals surface area contributed by atoms with Gasteiger partial charge in [0.15, 0.2) is 6.54 Å². The number of primary amides is 1. The van der Waals surface area contributed by atoms with Crippen LogP contribution in [0.3, 0.4) is 0 Å². The Hall–Kier alpha value is -2.66. The maximum atomic E-state index is 12.7. The molecule has 0 radical (unpaired) electrons. The molecule has 1 heterocycles. The number of hydrogen-bond donors (Lipinski definition) is 2. The number of carbonyl (C=O) groups excluding carboxylic acids is 2. The summed E-state index contributed by atoms with van der Waals surface area (Å²) in [6.07, 6.45) is 4.55. The molecule has 0 unspecified atom stereocenters. The lowest BCUT2D eigenvalue weighted by Gasteiger charge is -2.36. The van der Waals surface area contributed by atoms with E-state index in [1.807, 2.05) is 56.3 Å². The fourth-order valence-corrected chi connectivity index (χ4v) is 4.23. The highest BCUT2D eigenvalue weighted by molar-refractivity contribution is 6.05. The maximum absolute atomic E-state index is 12.7. The monoisotopic (exact) mass is 380 g/mol. The van der Waals surface area contributed by atoms with E-state index >= 15 is 0 Å². The zero-order valence-electron chi connectivity index (χ0n) is 16.8. The summed E-state index contributed by atoms with van der Waals surface area (Å²) in [6, 6.07) is 13.6. The van der Waals surface area contributed by atoms with Crippen LogP contribution in [0.4, 0.5) is 11.4 Å². The van der Waals surface area contributed by atoms with Gasteiger partial charge in [-0.1, -0.05) is 18.2 Å². The van der Waals surface area contributed by atoms with Gasteiger partial charge in [0.2, 0.25) is 0 Å². The van der Waals surface area contributed by atoms with Crippen molar-refractivity contribution in [2.75, 3.05) is 25.0 Å². The van der Waals surface area contributed by atoms with E-state index in [2.05, 4.69) is 5.32 Å². The van der Waals surface area contributed by atoms with Gasteiger partial charge in [-0.15, -0.1) is 0 Å². The van der Waals surface area contributed by atoms with Gasteiger partial charge in [0.1, 0.15) is 5.69 Å². The third-order valence-electron chi connectivity index (χ3n) is 5.78. The Kier molecular flexibility index (Phi) is 6.15. The molecule has 2 amide bonds. The smallest absolute Gasteiger partial charge is 0.273 e. The largest absolute Gasteiger partial charge is 0.365 e. The van der Waals surface area contributed by atoms with E-state index in [-0.39, 0.29) is 11.8 Å². The fraction of sp³-hybridized carbons (Fsp3) is 0.391. The molecule has 3 N–H and O–H groups in total. The molecule has 1 fully saturated rings. The fourth-order valence-electron chi connectivity index (χ4n) is 4.23. The van der Waals surface area contributed by atoms with Crippen LogP contribution in [0.25, 0.3) is 0 Å². The second kappa shape index (κ2) is 8.57. The number of para-hydroxylation sites is 1. The van der Waals surface area contributed by atoms with Crippen molar-refractivity contribution in [3.05, 3.63) is 59.2 Å². The third-order valence-corrected chi connectivity index (χ3v) is 5.78. The van der Waals surface area contributed by atoms with Crippen molar-refractivity contribution in [3.8, 4) is 0 Å². The first-order valence-electron chi connectivity index (χ1n) is 10.0. The maximum Gasteiger partial charge on any atom is 0.273 e. The Bertz CT molecular complexity index is 830. The van der Waals surface area contributed by atoms with Gasteiger partial charge in [0.25, 0.3) is 11.8 Å². The number of quaternary nitrogens is 1. The average Bonchev–Trinajstić information content (AvgIpc) is 2.91. The minimum atomic E-state index is -0.279. The van der Waals surface area contributed by atoms with Crippen LogP contribution in [-0.4, -0.2) is 31.4 Å². The predicted molar refractivity (Wildman–Crippen MR) is 114 cm³/mol. The molecule has 0 atom stereocenters. The van der Waals surface area contributed by atoms with Gasteiger partial charge in [-0.2, -0.15) is 0 Å². The lowest BCUT2D eigenvalue weighted by atomic mass is 10.1. The van der Waals surface area contributed by atoms with Crippen LogP contribution in [0.2, 0.25) is 0 Å². The van der Waals surface area contributed by atoms with Crippen molar-refractivity contribution in [3.63, 3.8) is 0 Å². The number of hydrogen-bond acceptors (Lipinski definition) is 2. The van der Waals surface area contributed by atoms with Crippen molar-refractivity contribution < 1.29 is 9.59 Å². The molecule has 1 aliphatic heterocycles. The minimum Gasteiger partial charge on any atom is -0.365 e. The standard InChI is InChI=1S/C23H29N3O2/c1-17-8-7-9-18(2)22(17)25-23(28)19-10-12-20(13-11-19)26(16-21(24)27)14-5-3-4-6-15-26/h7-13H,3-6,14-16H2,1-2H3,(H2-,24,25,27,28)/p+1. The minimum absolute atomic E-state index is 0.124. The van der Waals surface area contributed by atoms with Crippen LogP contribution in [0.15, 0.2) is 42.5 Å². The van der Waals surface area contributed by atoms with Crippen LogP contribution in [0.1, 0.15) is 47.2 Å². The molecule has 5 nitrogen and oxygen atoms in total. The van der Waals surface area contributed by atoms with E-state index in [1.165, 1.54) is 12.8 Å². The molecule has 5 heteroatoms. The number of nitrogens with one attached hydrogen (secondary N) is 1. The number of carbonyl (C=O) groups is 2. The van der Waals surface area contributed by atoms with E-state index in [1.54, 1.807) is 0 Å². The molecule has 1 aliphatic rings. The first-order chi connectivity index (χ1) is 13.4. The number of anilines is 1. The van der Waals surface area contributed by atoms with E-state index in [0.717, 1.165) is 48.4 Å².